The molecule has 0 aliphatic carbocycles. The Morgan fingerprint density at radius 3 is 2.68 bits per heavy atom. The molecule has 140 valence electrons. The van der Waals surface area contributed by atoms with Crippen LogP contribution in [0, 0.1) is 10.1 Å². The highest BCUT2D eigenvalue weighted by Crippen LogP contribution is 2.35. The SMILES string of the molecule is O=C(/C=C\c1ccc([N+](=O)[O-])cc1)Nc1nnc(-c2ccc3c(c2)OCO3)o1. The maximum atomic E-state index is 12.0. The van der Waals surface area contributed by atoms with E-state index in [9.17, 15) is 14.9 Å². The number of fused-ring (bicyclic) bond motifs is 1. The van der Waals surface area contributed by atoms with Crippen LogP contribution in [0.2, 0.25) is 0 Å². The molecule has 4 rings (SSSR count). The number of rotatable bonds is 5. The molecule has 2 aromatic carbocycles. The molecule has 1 aliphatic heterocycles. The summed E-state index contributed by atoms with van der Waals surface area (Å²) >= 11 is 0. The number of hydrogen-bond acceptors (Lipinski definition) is 8. The molecule has 0 spiro atoms. The third-order valence-electron chi connectivity index (χ3n) is 3.81. The zero-order valence-corrected chi connectivity index (χ0v) is 14.2. The van der Waals surface area contributed by atoms with Crippen molar-refractivity contribution in [1.29, 1.82) is 0 Å². The number of nitro benzene ring substituents is 1. The average molecular weight is 380 g/mol. The summed E-state index contributed by atoms with van der Waals surface area (Å²) < 4.78 is 16.0. The first-order valence-electron chi connectivity index (χ1n) is 8.05. The van der Waals surface area contributed by atoms with Crippen molar-refractivity contribution in [3.8, 4) is 23.0 Å². The van der Waals surface area contributed by atoms with Gasteiger partial charge in [0, 0.05) is 23.8 Å². The Balaban J connectivity index is 1.40. The van der Waals surface area contributed by atoms with Gasteiger partial charge in [-0.2, -0.15) is 0 Å². The molecule has 0 unspecified atom stereocenters. The average Bonchev–Trinajstić information content (AvgIpc) is 3.35. The summed E-state index contributed by atoms with van der Waals surface area (Å²) in [6.45, 7) is 0.158. The van der Waals surface area contributed by atoms with E-state index >= 15 is 0 Å². The number of anilines is 1. The zero-order chi connectivity index (χ0) is 19.5. The van der Waals surface area contributed by atoms with Gasteiger partial charge < -0.3 is 13.9 Å². The van der Waals surface area contributed by atoms with Crippen molar-refractivity contribution in [2.45, 2.75) is 0 Å². The molecule has 3 aromatic rings. The number of nitro groups is 1. The molecule has 0 saturated heterocycles. The second-order valence-corrected chi connectivity index (χ2v) is 5.65. The zero-order valence-electron chi connectivity index (χ0n) is 14.2. The van der Waals surface area contributed by atoms with Gasteiger partial charge in [-0.25, -0.2) is 0 Å². The van der Waals surface area contributed by atoms with E-state index in [0.717, 1.165) is 0 Å². The van der Waals surface area contributed by atoms with Crippen LogP contribution in [-0.2, 0) is 4.79 Å². The van der Waals surface area contributed by atoms with Gasteiger partial charge >= 0.3 is 6.01 Å². The molecule has 28 heavy (non-hydrogen) atoms. The minimum Gasteiger partial charge on any atom is -0.454 e. The van der Waals surface area contributed by atoms with Gasteiger partial charge in [-0.15, -0.1) is 5.10 Å². The molecule has 10 heteroatoms. The number of amides is 1. The Kier molecular flexibility index (Phi) is 4.42. The van der Waals surface area contributed by atoms with Gasteiger partial charge in [0.25, 0.3) is 11.6 Å². The summed E-state index contributed by atoms with van der Waals surface area (Å²) in [5, 5.41) is 20.8. The number of non-ortho nitro benzene ring substituents is 1. The standard InChI is InChI=1S/C18H12N4O6/c23-16(8-3-11-1-5-13(6-2-11)22(24)25)19-18-21-20-17(28-18)12-4-7-14-15(9-12)27-10-26-14/h1-9H,10H2,(H,19,21,23)/b8-3-. The number of ether oxygens (including phenoxy) is 2. The Morgan fingerprint density at radius 2 is 1.89 bits per heavy atom. The fraction of sp³-hybridized carbons (Fsp3) is 0.0556. The lowest BCUT2D eigenvalue weighted by molar-refractivity contribution is -0.384. The Hall–Kier alpha value is -4.21. The first-order valence-corrected chi connectivity index (χ1v) is 8.05. The smallest absolute Gasteiger partial charge is 0.322 e. The summed E-state index contributed by atoms with van der Waals surface area (Å²) in [6.07, 6.45) is 2.76. The largest absolute Gasteiger partial charge is 0.454 e. The van der Waals surface area contributed by atoms with E-state index < -0.39 is 10.8 Å². The van der Waals surface area contributed by atoms with E-state index in [1.807, 2.05) is 0 Å². The van der Waals surface area contributed by atoms with Crippen LogP contribution >= 0.6 is 0 Å². The van der Waals surface area contributed by atoms with Crippen molar-refractivity contribution in [2.75, 3.05) is 12.1 Å². The van der Waals surface area contributed by atoms with Crippen LogP contribution in [0.15, 0.2) is 53.0 Å². The number of carbonyl (C=O) groups is 1. The minimum absolute atomic E-state index is 0.0245. The lowest BCUT2D eigenvalue weighted by Crippen LogP contribution is -2.07. The van der Waals surface area contributed by atoms with Crippen molar-refractivity contribution in [1.82, 2.24) is 10.2 Å². The number of carbonyl (C=O) groups excluding carboxylic acids is 1. The lowest BCUT2D eigenvalue weighted by Gasteiger charge is -1.98. The second kappa shape index (κ2) is 7.19. The fourth-order valence-electron chi connectivity index (χ4n) is 2.45. The van der Waals surface area contributed by atoms with Gasteiger partial charge in [0.1, 0.15) is 0 Å². The van der Waals surface area contributed by atoms with E-state index in [0.29, 0.717) is 22.6 Å². The van der Waals surface area contributed by atoms with Gasteiger partial charge in [0.05, 0.1) is 4.92 Å². The van der Waals surface area contributed by atoms with E-state index in [2.05, 4.69) is 15.5 Å². The highest BCUT2D eigenvalue weighted by Gasteiger charge is 2.17. The molecule has 0 bridgehead atoms. The van der Waals surface area contributed by atoms with Gasteiger partial charge in [0.15, 0.2) is 11.5 Å². The van der Waals surface area contributed by atoms with Gasteiger partial charge in [-0.3, -0.25) is 20.2 Å². The van der Waals surface area contributed by atoms with E-state index in [4.69, 9.17) is 13.9 Å². The Morgan fingerprint density at radius 1 is 1.11 bits per heavy atom. The van der Waals surface area contributed by atoms with Crippen molar-refractivity contribution < 1.29 is 23.6 Å². The Labute approximate surface area is 157 Å². The number of nitrogens with zero attached hydrogens (tertiary/aromatic N) is 3. The highest BCUT2D eigenvalue weighted by atomic mass is 16.7. The second-order valence-electron chi connectivity index (χ2n) is 5.65. The molecule has 1 N–H and O–H groups in total. The quantitative estimate of drug-likeness (QED) is 0.406. The van der Waals surface area contributed by atoms with Crippen LogP contribution in [0.25, 0.3) is 17.5 Å². The molecule has 0 radical (unpaired) electrons. The first kappa shape index (κ1) is 17.2. The molecule has 1 amide bonds. The predicted octanol–water partition coefficient (Wildman–Crippen LogP) is 3.03. The summed E-state index contributed by atoms with van der Waals surface area (Å²) in [5.41, 5.74) is 1.23. The number of benzene rings is 2. The van der Waals surface area contributed by atoms with E-state index in [1.165, 1.54) is 36.4 Å². The van der Waals surface area contributed by atoms with E-state index in [-0.39, 0.29) is 24.4 Å². The van der Waals surface area contributed by atoms with Crippen LogP contribution in [-0.4, -0.2) is 27.8 Å². The minimum atomic E-state index is -0.493. The Bertz CT molecular complexity index is 1070. The maximum absolute atomic E-state index is 12.0. The van der Waals surface area contributed by atoms with Crippen molar-refractivity contribution in [2.24, 2.45) is 0 Å². The highest BCUT2D eigenvalue weighted by molar-refractivity contribution is 6.00. The van der Waals surface area contributed by atoms with Crippen molar-refractivity contribution in [3.05, 3.63) is 64.2 Å². The first-order chi connectivity index (χ1) is 13.6. The van der Waals surface area contributed by atoms with Crippen LogP contribution in [0.5, 0.6) is 11.5 Å². The topological polar surface area (TPSA) is 130 Å². The number of hydrogen-bond donors (Lipinski definition) is 1. The van der Waals surface area contributed by atoms with Gasteiger partial charge in [-0.05, 0) is 42.0 Å². The van der Waals surface area contributed by atoms with Crippen LogP contribution in [0.3, 0.4) is 0 Å². The lowest BCUT2D eigenvalue weighted by atomic mass is 10.2. The summed E-state index contributed by atoms with van der Waals surface area (Å²) in [5.74, 6) is 0.938. The monoisotopic (exact) mass is 380 g/mol. The van der Waals surface area contributed by atoms with Crippen LogP contribution in [0.4, 0.5) is 11.7 Å². The van der Waals surface area contributed by atoms with E-state index in [1.54, 1.807) is 18.2 Å². The molecule has 0 fully saturated rings. The molecule has 10 nitrogen and oxygen atoms in total. The third kappa shape index (κ3) is 3.65. The van der Waals surface area contributed by atoms with Crippen molar-refractivity contribution in [3.63, 3.8) is 0 Å². The molecular weight excluding hydrogens is 368 g/mol. The van der Waals surface area contributed by atoms with Crippen molar-refractivity contribution >= 4 is 23.7 Å². The van der Waals surface area contributed by atoms with Gasteiger partial charge in [0.2, 0.25) is 12.7 Å². The fourth-order valence-corrected chi connectivity index (χ4v) is 2.45. The molecule has 0 atom stereocenters. The predicted molar refractivity (Wildman–Crippen MR) is 96.6 cm³/mol. The normalized spacial score (nSPS) is 12.3. The molecule has 1 aliphatic rings. The summed E-state index contributed by atoms with van der Waals surface area (Å²) in [6, 6.07) is 10.9. The molecule has 2 heterocycles. The number of nitrogens with one attached hydrogen (secondary N) is 1. The van der Waals surface area contributed by atoms with Crippen LogP contribution in [0.1, 0.15) is 5.56 Å². The summed E-state index contributed by atoms with van der Waals surface area (Å²) in [4.78, 5) is 22.1. The van der Waals surface area contributed by atoms with Gasteiger partial charge in [-0.1, -0.05) is 5.10 Å². The number of aromatic nitrogens is 2. The molecule has 1 aromatic heterocycles. The third-order valence-corrected chi connectivity index (χ3v) is 3.81. The molecule has 0 saturated carbocycles. The molecular formula is C18H12N4O6. The van der Waals surface area contributed by atoms with Crippen LogP contribution < -0.4 is 14.8 Å². The maximum Gasteiger partial charge on any atom is 0.322 e. The summed E-state index contributed by atoms with van der Waals surface area (Å²) in [7, 11) is 0.